The van der Waals surface area contributed by atoms with Crippen LogP contribution in [-0.4, -0.2) is 11.9 Å². The summed E-state index contributed by atoms with van der Waals surface area (Å²) in [5.41, 5.74) is 0. The lowest BCUT2D eigenvalue weighted by Crippen LogP contribution is -1.79. The van der Waals surface area contributed by atoms with Gasteiger partial charge in [0.1, 0.15) is 6.61 Å². The van der Waals surface area contributed by atoms with Crippen LogP contribution in [0.2, 0.25) is 0 Å². The fraction of sp³-hybridized carbons (Fsp3) is 0.600. The number of allylic oxidation sites excluding steroid dienone is 1. The molecular formula is C5H10O2. The largest absolute Gasteiger partial charge is 0.252 e. The molecule has 0 aliphatic rings. The number of hydrogen-bond donors (Lipinski definition) is 1. The molecule has 7 heavy (non-hydrogen) atoms. The molecule has 0 spiro atoms. The lowest BCUT2D eigenvalue weighted by molar-refractivity contribution is -0.231. The predicted molar refractivity (Wildman–Crippen MR) is 28.0 cm³/mol. The van der Waals surface area contributed by atoms with Gasteiger partial charge in [0.25, 0.3) is 0 Å². The molecule has 0 aliphatic carbocycles. The first-order valence-electron chi connectivity index (χ1n) is 2.33. The maximum Gasteiger partial charge on any atom is 0.100 e. The number of rotatable bonds is 3. The van der Waals surface area contributed by atoms with Crippen molar-refractivity contribution < 1.29 is 10.1 Å². The maximum atomic E-state index is 7.74. The van der Waals surface area contributed by atoms with E-state index in [2.05, 4.69) is 4.89 Å². The van der Waals surface area contributed by atoms with E-state index in [1.807, 2.05) is 13.0 Å². The zero-order chi connectivity index (χ0) is 5.54. The van der Waals surface area contributed by atoms with Crippen LogP contribution >= 0.6 is 0 Å². The highest BCUT2D eigenvalue weighted by Gasteiger charge is 1.68. The fourth-order valence-electron chi connectivity index (χ4n) is 0.278. The summed E-state index contributed by atoms with van der Waals surface area (Å²) < 4.78 is 0. The molecule has 0 bridgehead atoms. The van der Waals surface area contributed by atoms with Crippen molar-refractivity contribution in [3.63, 3.8) is 0 Å². The van der Waals surface area contributed by atoms with Gasteiger partial charge in [0.15, 0.2) is 0 Å². The van der Waals surface area contributed by atoms with E-state index in [0.29, 0.717) is 6.61 Å². The fourth-order valence-corrected chi connectivity index (χ4v) is 0.278. The van der Waals surface area contributed by atoms with Crippen molar-refractivity contribution in [2.45, 2.75) is 13.3 Å². The van der Waals surface area contributed by atoms with Crippen LogP contribution in [0.15, 0.2) is 12.2 Å². The molecule has 0 rings (SSSR count). The first-order valence-corrected chi connectivity index (χ1v) is 2.33. The summed E-state index contributed by atoms with van der Waals surface area (Å²) in [5, 5.41) is 7.74. The average Bonchev–Trinajstić information content (AvgIpc) is 1.69. The minimum atomic E-state index is 0.299. The smallest absolute Gasteiger partial charge is 0.100 e. The molecule has 0 fully saturated rings. The Morgan fingerprint density at radius 3 is 2.71 bits per heavy atom. The summed E-state index contributed by atoms with van der Waals surface area (Å²) >= 11 is 0. The Hall–Kier alpha value is -0.340. The minimum absolute atomic E-state index is 0.299. The summed E-state index contributed by atoms with van der Waals surface area (Å²) in [6.45, 7) is 2.32. The zero-order valence-corrected chi connectivity index (χ0v) is 4.42. The number of hydrogen-bond acceptors (Lipinski definition) is 2. The highest BCUT2D eigenvalue weighted by Crippen LogP contribution is 1.77. The molecule has 2 heteroatoms. The van der Waals surface area contributed by atoms with Crippen LogP contribution in [0.4, 0.5) is 0 Å². The SMILES string of the molecule is CCC=CCOO. The summed E-state index contributed by atoms with van der Waals surface area (Å²) in [6.07, 6.45) is 4.68. The molecule has 0 aliphatic heterocycles. The Balaban J connectivity index is 2.78. The summed E-state index contributed by atoms with van der Waals surface area (Å²) in [5.74, 6) is 0. The Morgan fingerprint density at radius 1 is 1.57 bits per heavy atom. The molecule has 0 aromatic heterocycles. The predicted octanol–water partition coefficient (Wildman–Crippen LogP) is 1.44. The van der Waals surface area contributed by atoms with E-state index in [9.17, 15) is 0 Å². The Labute approximate surface area is 43.3 Å². The second-order valence-corrected chi connectivity index (χ2v) is 1.18. The maximum absolute atomic E-state index is 7.74. The van der Waals surface area contributed by atoms with Crippen LogP contribution in [0, 0.1) is 0 Å². The van der Waals surface area contributed by atoms with Gasteiger partial charge in [0, 0.05) is 0 Å². The minimum Gasteiger partial charge on any atom is -0.252 e. The van der Waals surface area contributed by atoms with Gasteiger partial charge in [0.2, 0.25) is 0 Å². The van der Waals surface area contributed by atoms with Gasteiger partial charge in [0.05, 0.1) is 0 Å². The van der Waals surface area contributed by atoms with Crippen LogP contribution in [0.3, 0.4) is 0 Å². The van der Waals surface area contributed by atoms with Gasteiger partial charge in [-0.15, -0.1) is 0 Å². The molecule has 0 heterocycles. The molecule has 0 aromatic rings. The van der Waals surface area contributed by atoms with Gasteiger partial charge in [-0.25, -0.2) is 4.89 Å². The van der Waals surface area contributed by atoms with Crippen LogP contribution < -0.4 is 0 Å². The van der Waals surface area contributed by atoms with Crippen LogP contribution in [0.5, 0.6) is 0 Å². The van der Waals surface area contributed by atoms with E-state index in [1.54, 1.807) is 6.08 Å². The van der Waals surface area contributed by atoms with Gasteiger partial charge in [-0.3, -0.25) is 5.26 Å². The molecule has 0 unspecified atom stereocenters. The quantitative estimate of drug-likeness (QED) is 0.332. The highest BCUT2D eigenvalue weighted by molar-refractivity contribution is 4.78. The van der Waals surface area contributed by atoms with Gasteiger partial charge >= 0.3 is 0 Å². The third kappa shape index (κ3) is 5.66. The monoisotopic (exact) mass is 102 g/mol. The molecule has 0 radical (unpaired) electrons. The van der Waals surface area contributed by atoms with Crippen molar-refractivity contribution in [3.8, 4) is 0 Å². The summed E-state index contributed by atoms with van der Waals surface area (Å²) in [7, 11) is 0. The van der Waals surface area contributed by atoms with Crippen LogP contribution in [0.1, 0.15) is 13.3 Å². The normalized spacial score (nSPS) is 10.6. The molecule has 1 N–H and O–H groups in total. The third-order valence-electron chi connectivity index (χ3n) is 0.573. The van der Waals surface area contributed by atoms with Gasteiger partial charge in [-0.1, -0.05) is 19.1 Å². The first-order chi connectivity index (χ1) is 3.41. The second kappa shape index (κ2) is 5.66. The second-order valence-electron chi connectivity index (χ2n) is 1.18. The van der Waals surface area contributed by atoms with Gasteiger partial charge < -0.3 is 0 Å². The van der Waals surface area contributed by atoms with E-state index in [4.69, 9.17) is 5.26 Å². The molecule has 0 saturated carbocycles. The molecular weight excluding hydrogens is 92.1 g/mol. The molecule has 2 nitrogen and oxygen atoms in total. The van der Waals surface area contributed by atoms with E-state index < -0.39 is 0 Å². The highest BCUT2D eigenvalue weighted by atomic mass is 17.1. The Morgan fingerprint density at radius 2 is 2.29 bits per heavy atom. The molecule has 0 aromatic carbocycles. The zero-order valence-electron chi connectivity index (χ0n) is 4.42. The van der Waals surface area contributed by atoms with Crippen molar-refractivity contribution in [2.24, 2.45) is 0 Å². The molecule has 0 amide bonds. The van der Waals surface area contributed by atoms with Crippen molar-refractivity contribution in [2.75, 3.05) is 6.61 Å². The van der Waals surface area contributed by atoms with Crippen molar-refractivity contribution in [3.05, 3.63) is 12.2 Å². The van der Waals surface area contributed by atoms with E-state index in [1.165, 1.54) is 0 Å². The van der Waals surface area contributed by atoms with Crippen molar-refractivity contribution in [1.82, 2.24) is 0 Å². The van der Waals surface area contributed by atoms with Crippen LogP contribution in [-0.2, 0) is 4.89 Å². The summed E-state index contributed by atoms with van der Waals surface area (Å²) in [4.78, 5) is 3.76. The van der Waals surface area contributed by atoms with Gasteiger partial charge in [-0.2, -0.15) is 0 Å². The van der Waals surface area contributed by atoms with Crippen LogP contribution in [0.25, 0.3) is 0 Å². The van der Waals surface area contributed by atoms with Gasteiger partial charge in [-0.05, 0) is 6.42 Å². The molecule has 0 saturated heterocycles. The molecule has 0 atom stereocenters. The van der Waals surface area contributed by atoms with E-state index in [0.717, 1.165) is 6.42 Å². The van der Waals surface area contributed by atoms with Crippen molar-refractivity contribution >= 4 is 0 Å². The Kier molecular flexibility index (Phi) is 5.39. The third-order valence-corrected chi connectivity index (χ3v) is 0.573. The first kappa shape index (κ1) is 6.66. The Bertz CT molecular complexity index is 50.0. The molecule has 42 valence electrons. The topological polar surface area (TPSA) is 29.5 Å². The van der Waals surface area contributed by atoms with E-state index >= 15 is 0 Å². The average molecular weight is 102 g/mol. The lowest BCUT2D eigenvalue weighted by atomic mass is 10.4. The van der Waals surface area contributed by atoms with Crippen molar-refractivity contribution in [1.29, 1.82) is 0 Å². The van der Waals surface area contributed by atoms with E-state index in [-0.39, 0.29) is 0 Å². The lowest BCUT2D eigenvalue weighted by Gasteiger charge is -1.81. The standard InChI is InChI=1S/C5H10O2/c1-2-3-4-5-7-6/h3-4,6H,2,5H2,1H3. The summed E-state index contributed by atoms with van der Waals surface area (Å²) in [6, 6.07) is 0.